The predicted octanol–water partition coefficient (Wildman–Crippen LogP) is 3.20. The maximum Gasteiger partial charge on any atom is 0.263 e. The Morgan fingerprint density at radius 1 is 1.30 bits per heavy atom. The number of thiophene rings is 2. The van der Waals surface area contributed by atoms with E-state index in [0.29, 0.717) is 33.2 Å². The molecule has 0 aromatic carbocycles. The van der Waals surface area contributed by atoms with Crippen molar-refractivity contribution >= 4 is 43.8 Å². The van der Waals surface area contributed by atoms with Crippen molar-refractivity contribution in [2.45, 2.75) is 46.2 Å². The van der Waals surface area contributed by atoms with Crippen molar-refractivity contribution in [1.29, 1.82) is 5.26 Å². The Balaban J connectivity index is 1.70. The molecule has 0 unspecified atom stereocenters. The Hall–Kier alpha value is -2.54. The Kier molecular flexibility index (Phi) is 5.49. The summed E-state index contributed by atoms with van der Waals surface area (Å²) in [5.74, 6) is 0.238. The minimum absolute atomic E-state index is 0.132. The highest BCUT2D eigenvalue weighted by molar-refractivity contribution is 7.18. The largest absolute Gasteiger partial charge is 0.315 e. The summed E-state index contributed by atoms with van der Waals surface area (Å²) in [4.78, 5) is 35.7. The van der Waals surface area contributed by atoms with E-state index in [0.717, 1.165) is 35.3 Å². The third-order valence-corrected chi connectivity index (χ3v) is 7.72. The van der Waals surface area contributed by atoms with E-state index in [1.54, 1.807) is 0 Å². The summed E-state index contributed by atoms with van der Waals surface area (Å²) in [5, 5.41) is 13.6. The molecule has 1 N–H and O–H groups in total. The second kappa shape index (κ2) is 7.95. The van der Waals surface area contributed by atoms with Gasteiger partial charge in [0.25, 0.3) is 5.56 Å². The number of carbonyl (C=O) groups is 1. The topological polar surface area (TPSA) is 91.0 Å². The number of nitrogens with one attached hydrogen (secondary N) is 1. The molecule has 4 rings (SSSR count). The fraction of sp³-hybridized carbons (Fsp3) is 0.429. The van der Waals surface area contributed by atoms with Gasteiger partial charge < -0.3 is 10.2 Å². The molecule has 9 heteroatoms. The van der Waals surface area contributed by atoms with E-state index in [1.165, 1.54) is 32.1 Å². The number of rotatable bonds is 5. The molecule has 156 valence electrons. The van der Waals surface area contributed by atoms with Crippen molar-refractivity contribution in [2.75, 3.05) is 19.4 Å². The summed E-state index contributed by atoms with van der Waals surface area (Å²) < 4.78 is 1.46. The van der Waals surface area contributed by atoms with Gasteiger partial charge in [-0.25, -0.2) is 4.98 Å². The summed E-state index contributed by atoms with van der Waals surface area (Å²) in [6, 6.07) is 2.24. The van der Waals surface area contributed by atoms with Crippen LogP contribution in [0.3, 0.4) is 0 Å². The van der Waals surface area contributed by atoms with Crippen LogP contribution in [-0.2, 0) is 30.7 Å². The lowest BCUT2D eigenvalue weighted by Gasteiger charge is -2.15. The van der Waals surface area contributed by atoms with Crippen molar-refractivity contribution < 1.29 is 4.79 Å². The minimum atomic E-state index is -0.320. The van der Waals surface area contributed by atoms with Gasteiger partial charge in [0.05, 0.1) is 17.5 Å². The van der Waals surface area contributed by atoms with Gasteiger partial charge in [-0.05, 0) is 58.3 Å². The summed E-state index contributed by atoms with van der Waals surface area (Å²) in [5.41, 5.74) is 2.36. The summed E-state index contributed by atoms with van der Waals surface area (Å²) in [6.07, 6.45) is 2.89. The van der Waals surface area contributed by atoms with Crippen LogP contribution in [0.2, 0.25) is 0 Å². The molecule has 1 amide bonds. The van der Waals surface area contributed by atoms with E-state index < -0.39 is 0 Å². The zero-order chi connectivity index (χ0) is 21.6. The normalized spacial score (nSPS) is 13.1. The first kappa shape index (κ1) is 20.7. The first-order chi connectivity index (χ1) is 14.3. The van der Waals surface area contributed by atoms with Gasteiger partial charge in [-0.1, -0.05) is 0 Å². The third kappa shape index (κ3) is 3.55. The number of aromatic nitrogens is 2. The van der Waals surface area contributed by atoms with E-state index in [-0.39, 0.29) is 18.0 Å². The van der Waals surface area contributed by atoms with Gasteiger partial charge >= 0.3 is 0 Å². The third-order valence-electron chi connectivity index (χ3n) is 5.41. The molecule has 0 aliphatic heterocycles. The van der Waals surface area contributed by atoms with Crippen molar-refractivity contribution in [3.05, 3.63) is 42.6 Å². The second-order valence-corrected chi connectivity index (χ2v) is 10.2. The van der Waals surface area contributed by atoms with Crippen LogP contribution >= 0.6 is 22.7 Å². The number of nitrogens with zero attached hydrogens (tertiary/aromatic N) is 4. The predicted molar refractivity (Wildman–Crippen MR) is 120 cm³/mol. The van der Waals surface area contributed by atoms with Crippen LogP contribution in [0.15, 0.2) is 4.79 Å². The fourth-order valence-corrected chi connectivity index (χ4v) is 6.15. The molecule has 0 fully saturated rings. The zero-order valence-corrected chi connectivity index (χ0v) is 19.1. The quantitative estimate of drug-likeness (QED) is 0.657. The SMILES string of the molecule is Cc1sc2nc(CN(C)C)n(CC(=O)Nc3sc4c(c3C#N)CCC4)c(=O)c2c1C. The number of amides is 1. The second-order valence-electron chi connectivity index (χ2n) is 7.84. The minimum Gasteiger partial charge on any atom is -0.315 e. The summed E-state index contributed by atoms with van der Waals surface area (Å²) in [7, 11) is 3.80. The maximum absolute atomic E-state index is 13.3. The molecule has 1 aliphatic carbocycles. The molecular formula is C21H23N5O2S2. The lowest BCUT2D eigenvalue weighted by Crippen LogP contribution is -2.32. The number of hydrogen-bond donors (Lipinski definition) is 1. The van der Waals surface area contributed by atoms with E-state index in [2.05, 4.69) is 11.4 Å². The molecular weight excluding hydrogens is 418 g/mol. The lowest BCUT2D eigenvalue weighted by atomic mass is 10.1. The molecule has 0 bridgehead atoms. The number of hydrogen-bond acceptors (Lipinski definition) is 7. The molecule has 0 saturated heterocycles. The van der Waals surface area contributed by atoms with Gasteiger partial charge in [-0.2, -0.15) is 5.26 Å². The van der Waals surface area contributed by atoms with Crippen molar-refractivity contribution in [3.8, 4) is 6.07 Å². The van der Waals surface area contributed by atoms with Gasteiger partial charge in [0, 0.05) is 9.75 Å². The van der Waals surface area contributed by atoms with E-state index in [9.17, 15) is 14.9 Å². The number of fused-ring (bicyclic) bond motifs is 2. The monoisotopic (exact) mass is 441 g/mol. The molecule has 3 heterocycles. The standard InChI is InChI=1S/C21H23N5O2S2/c1-11-12(2)29-20-18(11)21(28)26(16(23-20)9-25(3)4)10-17(27)24-19-14(8-22)13-6-5-7-15(13)30-19/h5-7,9-10H2,1-4H3,(H,24,27). The molecule has 1 aliphatic rings. The van der Waals surface area contributed by atoms with E-state index >= 15 is 0 Å². The van der Waals surface area contributed by atoms with Crippen LogP contribution in [0.4, 0.5) is 5.00 Å². The van der Waals surface area contributed by atoms with Gasteiger partial charge in [0.2, 0.25) is 5.91 Å². The number of aryl methyl sites for hydroxylation is 3. The van der Waals surface area contributed by atoms with Crippen LogP contribution in [-0.4, -0.2) is 34.5 Å². The molecule has 0 radical (unpaired) electrons. The Morgan fingerprint density at radius 2 is 2.07 bits per heavy atom. The zero-order valence-electron chi connectivity index (χ0n) is 17.5. The van der Waals surface area contributed by atoms with E-state index in [1.807, 2.05) is 32.8 Å². The van der Waals surface area contributed by atoms with E-state index in [4.69, 9.17) is 4.98 Å². The van der Waals surface area contributed by atoms with Gasteiger partial charge in [-0.15, -0.1) is 22.7 Å². The van der Waals surface area contributed by atoms with Crippen LogP contribution < -0.4 is 10.9 Å². The van der Waals surface area contributed by atoms with Gasteiger partial charge in [-0.3, -0.25) is 14.2 Å². The first-order valence-corrected chi connectivity index (χ1v) is 11.4. The van der Waals surface area contributed by atoms with Gasteiger partial charge in [0.1, 0.15) is 28.3 Å². The molecule has 0 atom stereocenters. The smallest absolute Gasteiger partial charge is 0.263 e. The maximum atomic E-state index is 13.3. The van der Waals surface area contributed by atoms with Crippen molar-refractivity contribution in [2.24, 2.45) is 0 Å². The van der Waals surface area contributed by atoms with Gasteiger partial charge in [0.15, 0.2) is 0 Å². The number of carbonyl (C=O) groups excluding carboxylic acids is 1. The van der Waals surface area contributed by atoms with Crippen LogP contribution in [0.5, 0.6) is 0 Å². The molecule has 0 saturated carbocycles. The van der Waals surface area contributed by atoms with Crippen LogP contribution in [0, 0.1) is 25.2 Å². The fourth-order valence-electron chi connectivity index (χ4n) is 3.86. The molecule has 30 heavy (non-hydrogen) atoms. The molecule has 3 aromatic rings. The average Bonchev–Trinajstić information content (AvgIpc) is 3.32. The highest BCUT2D eigenvalue weighted by atomic mass is 32.1. The molecule has 7 nitrogen and oxygen atoms in total. The van der Waals surface area contributed by atoms with Crippen LogP contribution in [0.25, 0.3) is 10.2 Å². The molecule has 3 aromatic heterocycles. The highest BCUT2D eigenvalue weighted by Gasteiger charge is 2.24. The molecule has 0 spiro atoms. The number of nitriles is 1. The van der Waals surface area contributed by atoms with Crippen molar-refractivity contribution in [1.82, 2.24) is 14.5 Å². The summed E-state index contributed by atoms with van der Waals surface area (Å²) in [6.45, 7) is 4.21. The summed E-state index contributed by atoms with van der Waals surface area (Å²) >= 11 is 2.98. The Labute approximate surface area is 182 Å². The lowest BCUT2D eigenvalue weighted by molar-refractivity contribution is -0.116. The average molecular weight is 442 g/mol. The van der Waals surface area contributed by atoms with Crippen LogP contribution in [0.1, 0.15) is 38.7 Å². The Morgan fingerprint density at radius 3 is 2.77 bits per heavy atom. The first-order valence-electron chi connectivity index (χ1n) is 9.78. The highest BCUT2D eigenvalue weighted by Crippen LogP contribution is 2.38. The Bertz CT molecular complexity index is 1260. The number of anilines is 1. The van der Waals surface area contributed by atoms with Crippen molar-refractivity contribution in [3.63, 3.8) is 0 Å².